The first-order valence-electron chi connectivity index (χ1n) is 7.63. The summed E-state index contributed by atoms with van der Waals surface area (Å²) in [5.74, 6) is -0.261. The maximum atomic E-state index is 14.6. The summed E-state index contributed by atoms with van der Waals surface area (Å²) in [6, 6.07) is 8.36. The number of nitrogens with zero attached hydrogens (tertiary/aromatic N) is 2. The maximum absolute atomic E-state index is 14.6. The number of benzene rings is 1. The Morgan fingerprint density at radius 1 is 1.16 bits per heavy atom. The van der Waals surface area contributed by atoms with E-state index in [1.54, 1.807) is 42.9 Å². The summed E-state index contributed by atoms with van der Waals surface area (Å²) < 4.78 is 14.6. The van der Waals surface area contributed by atoms with Crippen molar-refractivity contribution in [2.75, 3.05) is 5.32 Å². The van der Waals surface area contributed by atoms with E-state index < -0.39 is 11.5 Å². The molecule has 1 atom stereocenters. The third kappa shape index (κ3) is 2.68. The first-order valence-corrected chi connectivity index (χ1v) is 7.63. The zero-order chi connectivity index (χ0) is 17.4. The van der Waals surface area contributed by atoms with Gasteiger partial charge in [0.05, 0.1) is 11.4 Å². The summed E-state index contributed by atoms with van der Waals surface area (Å²) in [5, 5.41) is 6.69. The van der Waals surface area contributed by atoms with Crippen molar-refractivity contribution in [1.82, 2.24) is 15.3 Å². The largest absolute Gasteiger partial charge is 0.370 e. The summed E-state index contributed by atoms with van der Waals surface area (Å²) in [5.41, 5.74) is 13.0. The van der Waals surface area contributed by atoms with E-state index in [0.717, 1.165) is 16.7 Å². The highest BCUT2D eigenvalue weighted by Gasteiger charge is 2.27. The van der Waals surface area contributed by atoms with E-state index in [4.69, 9.17) is 11.5 Å². The molecule has 1 aromatic carbocycles. The lowest BCUT2D eigenvalue weighted by Gasteiger charge is -2.26. The molecule has 0 aliphatic carbocycles. The molecular weight excluding hydrogens is 321 g/mol. The molecule has 0 saturated carbocycles. The number of halogens is 1. The quantitative estimate of drug-likeness (QED) is 0.501. The van der Waals surface area contributed by atoms with Crippen LogP contribution >= 0.6 is 0 Å². The molecule has 1 aliphatic rings. The first-order chi connectivity index (χ1) is 12.0. The first kappa shape index (κ1) is 15.2. The lowest BCUT2D eigenvalue weighted by molar-refractivity contribution is 0.567. The Balaban J connectivity index is 1.68. The topological polar surface area (TPSA) is 117 Å². The second kappa shape index (κ2) is 5.60. The highest BCUT2D eigenvalue weighted by Crippen LogP contribution is 2.30. The highest BCUT2D eigenvalue weighted by molar-refractivity contribution is 5.91. The SMILES string of the molecule is NC1=NC(N)(c2ccc(Nc3ccnc4[nH]ccc34)c(F)c2)C=CN1. The zero-order valence-electron chi connectivity index (χ0n) is 13.1. The number of fused-ring (bicyclic) bond motifs is 1. The summed E-state index contributed by atoms with van der Waals surface area (Å²) in [7, 11) is 0. The smallest absolute Gasteiger partial charge is 0.195 e. The summed E-state index contributed by atoms with van der Waals surface area (Å²) >= 11 is 0. The minimum atomic E-state index is -1.20. The molecular formula is C17H16FN7. The number of anilines is 2. The van der Waals surface area contributed by atoms with Crippen molar-refractivity contribution in [3.8, 4) is 0 Å². The van der Waals surface area contributed by atoms with Gasteiger partial charge in [-0.25, -0.2) is 14.4 Å². The number of H-pyrrole nitrogens is 1. The molecule has 0 amide bonds. The molecule has 0 saturated heterocycles. The number of aliphatic imine (C=N–C) groups is 1. The Bertz CT molecular complexity index is 1010. The van der Waals surface area contributed by atoms with Crippen molar-refractivity contribution in [2.45, 2.75) is 5.66 Å². The highest BCUT2D eigenvalue weighted by atomic mass is 19.1. The van der Waals surface area contributed by atoms with E-state index in [0.29, 0.717) is 11.3 Å². The zero-order valence-corrected chi connectivity index (χ0v) is 13.1. The number of pyridine rings is 1. The number of hydrogen-bond acceptors (Lipinski definition) is 6. The molecule has 4 rings (SSSR count). The molecule has 3 heterocycles. The van der Waals surface area contributed by atoms with E-state index in [2.05, 4.69) is 25.6 Å². The van der Waals surface area contributed by atoms with Gasteiger partial charge in [0.15, 0.2) is 11.6 Å². The standard InChI is InChI=1S/C17H16FN7/c18-12-9-10(17(20)5-8-23-16(19)25-17)1-2-14(12)24-13-4-7-22-15-11(13)3-6-21-15/h1-9H,20H2,(H3,19,23,25)(H2,21,22,24). The van der Waals surface area contributed by atoms with Gasteiger partial charge in [0.2, 0.25) is 0 Å². The fraction of sp³-hybridized carbons (Fsp3) is 0.0588. The lowest BCUT2D eigenvalue weighted by Crippen LogP contribution is -2.42. The van der Waals surface area contributed by atoms with Gasteiger partial charge in [-0.1, -0.05) is 6.07 Å². The maximum Gasteiger partial charge on any atom is 0.195 e. The predicted molar refractivity (Wildman–Crippen MR) is 95.5 cm³/mol. The second-order valence-electron chi connectivity index (χ2n) is 5.72. The number of aromatic nitrogens is 2. The van der Waals surface area contributed by atoms with Crippen molar-refractivity contribution in [3.05, 3.63) is 66.4 Å². The molecule has 7 nitrogen and oxygen atoms in total. The molecule has 25 heavy (non-hydrogen) atoms. The number of nitrogens with two attached hydrogens (primary N) is 2. The van der Waals surface area contributed by atoms with Crippen molar-refractivity contribution in [1.29, 1.82) is 0 Å². The number of rotatable bonds is 3. The summed E-state index contributed by atoms with van der Waals surface area (Å²) in [6.45, 7) is 0. The summed E-state index contributed by atoms with van der Waals surface area (Å²) in [4.78, 5) is 11.4. The van der Waals surface area contributed by atoms with Gasteiger partial charge < -0.3 is 21.4 Å². The van der Waals surface area contributed by atoms with Crippen LogP contribution in [0.4, 0.5) is 15.8 Å². The third-order valence-electron chi connectivity index (χ3n) is 4.04. The van der Waals surface area contributed by atoms with E-state index in [1.807, 2.05) is 6.07 Å². The number of nitrogens with one attached hydrogen (secondary N) is 3. The van der Waals surface area contributed by atoms with E-state index >= 15 is 0 Å². The fourth-order valence-corrected chi connectivity index (χ4v) is 2.76. The molecule has 0 fully saturated rings. The van der Waals surface area contributed by atoms with Crippen molar-refractivity contribution < 1.29 is 4.39 Å². The van der Waals surface area contributed by atoms with Gasteiger partial charge in [0.1, 0.15) is 11.5 Å². The fourth-order valence-electron chi connectivity index (χ4n) is 2.76. The van der Waals surface area contributed by atoms with Gasteiger partial charge in [-0.3, -0.25) is 5.73 Å². The van der Waals surface area contributed by atoms with Gasteiger partial charge in [-0.15, -0.1) is 0 Å². The van der Waals surface area contributed by atoms with Crippen LogP contribution in [-0.2, 0) is 5.66 Å². The van der Waals surface area contributed by atoms with Crippen LogP contribution in [0.15, 0.2) is 60.0 Å². The Morgan fingerprint density at radius 2 is 2.04 bits per heavy atom. The van der Waals surface area contributed by atoms with Gasteiger partial charge in [-0.2, -0.15) is 0 Å². The average molecular weight is 337 g/mol. The van der Waals surface area contributed by atoms with Crippen LogP contribution in [0.25, 0.3) is 11.0 Å². The third-order valence-corrected chi connectivity index (χ3v) is 4.04. The minimum Gasteiger partial charge on any atom is -0.370 e. The number of aromatic amines is 1. The van der Waals surface area contributed by atoms with E-state index in [9.17, 15) is 4.39 Å². The molecule has 0 radical (unpaired) electrons. The molecule has 0 spiro atoms. The van der Waals surface area contributed by atoms with Crippen LogP contribution in [0.3, 0.4) is 0 Å². The predicted octanol–water partition coefficient (Wildman–Crippen LogP) is 1.99. The van der Waals surface area contributed by atoms with Crippen LogP contribution in [0.2, 0.25) is 0 Å². The second-order valence-corrected chi connectivity index (χ2v) is 5.72. The molecule has 126 valence electrons. The van der Waals surface area contributed by atoms with Crippen LogP contribution < -0.4 is 22.1 Å². The monoisotopic (exact) mass is 337 g/mol. The Labute approximate surface area is 142 Å². The number of hydrogen-bond donors (Lipinski definition) is 5. The molecule has 1 unspecified atom stereocenters. The average Bonchev–Trinajstić information content (AvgIpc) is 3.06. The Morgan fingerprint density at radius 3 is 2.84 bits per heavy atom. The molecule has 7 N–H and O–H groups in total. The van der Waals surface area contributed by atoms with Gasteiger partial charge >= 0.3 is 0 Å². The van der Waals surface area contributed by atoms with Crippen LogP contribution in [0, 0.1) is 5.82 Å². The summed E-state index contributed by atoms with van der Waals surface area (Å²) in [6.07, 6.45) is 6.65. The van der Waals surface area contributed by atoms with Crippen molar-refractivity contribution >= 4 is 28.4 Å². The Hall–Kier alpha value is -3.39. The number of guanidine groups is 1. The minimum absolute atomic E-state index is 0.180. The van der Waals surface area contributed by atoms with Crippen molar-refractivity contribution in [3.63, 3.8) is 0 Å². The molecule has 3 aromatic rings. The van der Waals surface area contributed by atoms with Gasteiger partial charge in [-0.05, 0) is 30.3 Å². The van der Waals surface area contributed by atoms with E-state index in [-0.39, 0.29) is 5.96 Å². The van der Waals surface area contributed by atoms with Crippen molar-refractivity contribution in [2.24, 2.45) is 16.5 Å². The Kier molecular flexibility index (Phi) is 3.40. The molecule has 2 aromatic heterocycles. The molecule has 0 bridgehead atoms. The molecule has 8 heteroatoms. The normalized spacial score (nSPS) is 19.5. The van der Waals surface area contributed by atoms with Gasteiger partial charge in [0.25, 0.3) is 0 Å². The van der Waals surface area contributed by atoms with E-state index in [1.165, 1.54) is 6.07 Å². The lowest BCUT2D eigenvalue weighted by atomic mass is 9.99. The van der Waals surface area contributed by atoms with Crippen LogP contribution in [-0.4, -0.2) is 15.9 Å². The van der Waals surface area contributed by atoms with Gasteiger partial charge in [0, 0.05) is 29.5 Å². The van der Waals surface area contributed by atoms with Crippen LogP contribution in [0.5, 0.6) is 0 Å². The molecule has 1 aliphatic heterocycles. The van der Waals surface area contributed by atoms with Crippen LogP contribution in [0.1, 0.15) is 5.56 Å².